The Labute approximate surface area is 224 Å². The Morgan fingerprint density at radius 1 is 1.00 bits per heavy atom. The zero-order valence-corrected chi connectivity index (χ0v) is 22.5. The minimum Gasteiger partial charge on any atom is -0.458 e. The first-order chi connectivity index (χ1) is 18.0. The van der Waals surface area contributed by atoms with Gasteiger partial charge in [0.05, 0.1) is 17.8 Å². The largest absolute Gasteiger partial charge is 0.458 e. The molecule has 0 bridgehead atoms. The number of ether oxygens (including phenoxy) is 3. The van der Waals surface area contributed by atoms with Crippen LogP contribution in [0.2, 0.25) is 0 Å². The molecule has 4 saturated carbocycles. The van der Waals surface area contributed by atoms with Gasteiger partial charge in [0.25, 0.3) is 0 Å². The van der Waals surface area contributed by atoms with Crippen molar-refractivity contribution in [3.63, 3.8) is 0 Å². The van der Waals surface area contributed by atoms with Crippen LogP contribution in [0.1, 0.15) is 71.6 Å². The number of carbonyl (C=O) groups excluding carboxylic acids is 1. The van der Waals surface area contributed by atoms with Crippen LogP contribution in [0, 0.1) is 34.5 Å². The zero-order valence-electron chi connectivity index (χ0n) is 22.5. The molecule has 0 unspecified atom stereocenters. The Bertz CT molecular complexity index is 970. The van der Waals surface area contributed by atoms with E-state index in [1.165, 1.54) is 0 Å². The number of aliphatic hydroxyl groups is 5. The van der Waals surface area contributed by atoms with Crippen molar-refractivity contribution >= 4 is 5.97 Å². The predicted molar refractivity (Wildman–Crippen MR) is 134 cm³/mol. The minimum absolute atomic E-state index is 0.0831. The number of hydrogen-bond acceptors (Lipinski definition) is 9. The first-order valence-electron chi connectivity index (χ1n) is 14.6. The third kappa shape index (κ3) is 3.80. The van der Waals surface area contributed by atoms with Crippen LogP contribution in [0.15, 0.2) is 11.6 Å². The van der Waals surface area contributed by atoms with Gasteiger partial charge in [-0.1, -0.05) is 6.92 Å². The molecule has 214 valence electrons. The number of aliphatic hydroxyl groups excluding tert-OH is 4. The second-order valence-electron chi connectivity index (χ2n) is 13.4. The van der Waals surface area contributed by atoms with Crippen molar-refractivity contribution in [1.29, 1.82) is 0 Å². The molecule has 0 aromatic rings. The van der Waals surface area contributed by atoms with Gasteiger partial charge in [-0.15, -0.1) is 0 Å². The molecular weight excluding hydrogens is 492 g/mol. The molecule has 9 heteroatoms. The molecule has 2 aliphatic heterocycles. The molecule has 9 nitrogen and oxygen atoms in total. The zero-order chi connectivity index (χ0) is 27.0. The molecule has 5 fully saturated rings. The number of hydrogen-bond donors (Lipinski definition) is 5. The van der Waals surface area contributed by atoms with Crippen LogP contribution in [0.3, 0.4) is 0 Å². The van der Waals surface area contributed by atoms with Gasteiger partial charge in [0, 0.05) is 18.1 Å². The highest BCUT2D eigenvalue weighted by molar-refractivity contribution is 5.85. The molecule has 1 saturated heterocycles. The first kappa shape index (κ1) is 27.1. The van der Waals surface area contributed by atoms with Crippen LogP contribution in [0.5, 0.6) is 0 Å². The lowest BCUT2D eigenvalue weighted by atomic mass is 9.43. The summed E-state index contributed by atoms with van der Waals surface area (Å²) in [6, 6.07) is 0. The van der Waals surface area contributed by atoms with E-state index in [9.17, 15) is 30.3 Å². The lowest BCUT2D eigenvalue weighted by molar-refractivity contribution is -0.311. The Balaban J connectivity index is 1.19. The summed E-state index contributed by atoms with van der Waals surface area (Å²) >= 11 is 0. The summed E-state index contributed by atoms with van der Waals surface area (Å²) in [5.74, 6) is 0.414. The third-order valence-electron chi connectivity index (χ3n) is 12.1. The van der Waals surface area contributed by atoms with Crippen LogP contribution in [0.25, 0.3) is 0 Å². The third-order valence-corrected chi connectivity index (χ3v) is 12.1. The monoisotopic (exact) mass is 536 g/mol. The number of carbonyl (C=O) groups is 1. The second kappa shape index (κ2) is 9.50. The fraction of sp³-hybridized carbons (Fsp3) is 0.897. The molecule has 6 aliphatic rings. The maximum Gasteiger partial charge on any atom is 0.331 e. The first-order valence-corrected chi connectivity index (χ1v) is 14.6. The number of esters is 1. The standard InChI is InChI=1S/C29H44O9/c1-15-23(32)24(33)25(34)26(37-15)38-18-5-9-28(14-30)17(12-18)3-4-21-20(28)6-8-27(2)19(7-10-29(21,27)35)16-11-22(31)36-13-16/h11,15,17-21,23-26,30,32-35H,3-10,12-14H2,1-2H3/t15-,17+,18-,19+,20-,21+,23-,24-,25+,26+,27+,28+,29-/m0/s1. The van der Waals surface area contributed by atoms with E-state index in [0.29, 0.717) is 19.4 Å². The normalized spacial score (nSPS) is 54.5. The summed E-state index contributed by atoms with van der Waals surface area (Å²) in [5, 5.41) is 53.9. The SMILES string of the molecule is C[C@@H]1O[C@H](O[C@H]2CC[C@@]3(CO)[C@H](CC[C@@H]4[C@@H]3CC[C@]3(C)[C@@H](C5=CC(=O)OC5)CC[C@]43O)C2)[C@H](O)[C@@H](O)[C@H]1O. The van der Waals surface area contributed by atoms with Crippen molar-refractivity contribution in [3.05, 3.63) is 11.6 Å². The molecule has 0 radical (unpaired) electrons. The van der Waals surface area contributed by atoms with Crippen molar-refractivity contribution in [3.8, 4) is 0 Å². The summed E-state index contributed by atoms with van der Waals surface area (Å²) in [5.41, 5.74) is -0.401. The van der Waals surface area contributed by atoms with E-state index in [4.69, 9.17) is 14.2 Å². The molecular formula is C29H44O9. The molecule has 38 heavy (non-hydrogen) atoms. The van der Waals surface area contributed by atoms with E-state index in [0.717, 1.165) is 50.5 Å². The summed E-state index contributed by atoms with van der Waals surface area (Å²) < 4.78 is 17.1. The van der Waals surface area contributed by atoms with Gasteiger partial charge in [0.15, 0.2) is 6.29 Å². The molecule has 0 amide bonds. The van der Waals surface area contributed by atoms with E-state index in [1.807, 2.05) is 0 Å². The topological polar surface area (TPSA) is 146 Å². The van der Waals surface area contributed by atoms with Crippen LogP contribution in [-0.2, 0) is 19.0 Å². The van der Waals surface area contributed by atoms with E-state index >= 15 is 0 Å². The summed E-state index contributed by atoms with van der Waals surface area (Å²) in [6.07, 6.45) is 3.35. The fourth-order valence-corrected chi connectivity index (χ4v) is 9.91. The Morgan fingerprint density at radius 2 is 1.79 bits per heavy atom. The quantitative estimate of drug-likeness (QED) is 0.266. The molecule has 4 aliphatic carbocycles. The fourth-order valence-electron chi connectivity index (χ4n) is 9.91. The van der Waals surface area contributed by atoms with Gasteiger partial charge in [0.2, 0.25) is 0 Å². The van der Waals surface area contributed by atoms with Gasteiger partial charge in [-0.05, 0) is 99.4 Å². The highest BCUT2D eigenvalue weighted by Gasteiger charge is 2.68. The molecule has 0 spiro atoms. The number of fused-ring (bicyclic) bond motifs is 5. The van der Waals surface area contributed by atoms with Crippen molar-refractivity contribution in [2.75, 3.05) is 13.2 Å². The van der Waals surface area contributed by atoms with Gasteiger partial charge in [-0.25, -0.2) is 4.79 Å². The smallest absolute Gasteiger partial charge is 0.331 e. The summed E-state index contributed by atoms with van der Waals surface area (Å²) in [7, 11) is 0. The predicted octanol–water partition coefficient (Wildman–Crippen LogP) is 1.43. The Kier molecular flexibility index (Phi) is 6.78. The van der Waals surface area contributed by atoms with Crippen LogP contribution in [-0.4, -0.2) is 87.1 Å². The van der Waals surface area contributed by atoms with Crippen LogP contribution in [0.4, 0.5) is 0 Å². The molecule has 6 rings (SSSR count). The Hall–Kier alpha value is -1.07. The van der Waals surface area contributed by atoms with E-state index < -0.39 is 36.3 Å². The van der Waals surface area contributed by atoms with E-state index in [1.54, 1.807) is 13.0 Å². The lowest BCUT2D eigenvalue weighted by Gasteiger charge is -2.64. The van der Waals surface area contributed by atoms with E-state index in [2.05, 4.69) is 6.92 Å². The van der Waals surface area contributed by atoms with Gasteiger partial charge in [0.1, 0.15) is 24.9 Å². The molecule has 0 aromatic heterocycles. The van der Waals surface area contributed by atoms with Crippen molar-refractivity contribution in [2.24, 2.45) is 34.5 Å². The van der Waals surface area contributed by atoms with Crippen LogP contribution < -0.4 is 0 Å². The lowest BCUT2D eigenvalue weighted by Crippen LogP contribution is -2.64. The molecule has 2 heterocycles. The summed E-state index contributed by atoms with van der Waals surface area (Å²) in [6.45, 7) is 4.27. The maximum absolute atomic E-state index is 12.4. The molecule has 5 N–H and O–H groups in total. The number of rotatable bonds is 4. The van der Waals surface area contributed by atoms with Crippen molar-refractivity contribution in [1.82, 2.24) is 0 Å². The maximum atomic E-state index is 12.4. The van der Waals surface area contributed by atoms with Gasteiger partial charge in [-0.3, -0.25) is 0 Å². The van der Waals surface area contributed by atoms with Gasteiger partial charge in [-0.2, -0.15) is 0 Å². The van der Waals surface area contributed by atoms with Gasteiger partial charge < -0.3 is 39.7 Å². The summed E-state index contributed by atoms with van der Waals surface area (Å²) in [4.78, 5) is 11.8. The van der Waals surface area contributed by atoms with Gasteiger partial charge >= 0.3 is 5.97 Å². The highest BCUT2D eigenvalue weighted by Crippen LogP contribution is 2.70. The number of cyclic esters (lactones) is 1. The average Bonchev–Trinajstić information content (AvgIpc) is 3.45. The molecule has 13 atom stereocenters. The second-order valence-corrected chi connectivity index (χ2v) is 13.4. The average molecular weight is 537 g/mol. The Morgan fingerprint density at radius 3 is 2.50 bits per heavy atom. The minimum atomic E-state index is -1.32. The van der Waals surface area contributed by atoms with Crippen molar-refractivity contribution < 1.29 is 44.5 Å². The van der Waals surface area contributed by atoms with E-state index in [-0.39, 0.29) is 53.2 Å². The van der Waals surface area contributed by atoms with Crippen LogP contribution >= 0.6 is 0 Å². The molecule has 0 aromatic carbocycles. The highest BCUT2D eigenvalue weighted by atomic mass is 16.7. The van der Waals surface area contributed by atoms with Crippen molar-refractivity contribution in [2.45, 2.75) is 114 Å².